The maximum absolute atomic E-state index is 11.1. The first kappa shape index (κ1) is 12.8. The number of Topliss-reactive ketones (excluding diaryl/α,β-unsaturated/α-hetero) is 2. The van der Waals surface area contributed by atoms with Gasteiger partial charge < -0.3 is 9.53 Å². The van der Waals surface area contributed by atoms with Crippen LogP contribution in [-0.4, -0.2) is 24.6 Å². The lowest BCUT2D eigenvalue weighted by molar-refractivity contribution is -0.149. The first-order valence-electron chi connectivity index (χ1n) is 4.56. The van der Waals surface area contributed by atoms with E-state index in [0.29, 0.717) is 19.3 Å². The van der Waals surface area contributed by atoms with E-state index in [1.807, 2.05) is 0 Å². The van der Waals surface area contributed by atoms with Crippen LogP contribution in [0.3, 0.4) is 0 Å². The molecular formula is C10H16O4. The van der Waals surface area contributed by atoms with Crippen molar-refractivity contribution in [2.24, 2.45) is 5.92 Å². The highest BCUT2D eigenvalue weighted by atomic mass is 16.5. The molecule has 0 bridgehead atoms. The van der Waals surface area contributed by atoms with Gasteiger partial charge in [0.05, 0.1) is 7.11 Å². The standard InChI is InChI=1S/C10H16O4/c1-7(11)5-4-6-9(8(2)12)10(13)14-3/h9H,4-6H2,1-3H3. The van der Waals surface area contributed by atoms with Gasteiger partial charge in [-0.1, -0.05) is 0 Å². The SMILES string of the molecule is COC(=O)C(CCCC(C)=O)C(C)=O. The zero-order valence-corrected chi connectivity index (χ0v) is 8.83. The van der Waals surface area contributed by atoms with Crippen molar-refractivity contribution < 1.29 is 19.1 Å². The minimum atomic E-state index is -0.709. The molecule has 14 heavy (non-hydrogen) atoms. The molecule has 0 saturated carbocycles. The van der Waals surface area contributed by atoms with Gasteiger partial charge in [0.25, 0.3) is 0 Å². The van der Waals surface area contributed by atoms with Crippen molar-refractivity contribution >= 4 is 17.5 Å². The molecule has 0 fully saturated rings. The summed E-state index contributed by atoms with van der Waals surface area (Å²) in [6.45, 7) is 2.84. The lowest BCUT2D eigenvalue weighted by Crippen LogP contribution is -2.23. The summed E-state index contributed by atoms with van der Waals surface area (Å²) in [5.74, 6) is -1.36. The molecule has 0 aromatic heterocycles. The molecule has 0 heterocycles. The number of rotatable bonds is 6. The quantitative estimate of drug-likeness (QED) is 0.476. The van der Waals surface area contributed by atoms with Crippen LogP contribution in [-0.2, 0) is 19.1 Å². The molecule has 1 atom stereocenters. The van der Waals surface area contributed by atoms with Crippen LogP contribution in [0.2, 0.25) is 0 Å². The molecule has 0 aliphatic rings. The van der Waals surface area contributed by atoms with E-state index in [0.717, 1.165) is 0 Å². The topological polar surface area (TPSA) is 60.4 Å². The van der Waals surface area contributed by atoms with Crippen molar-refractivity contribution in [2.45, 2.75) is 33.1 Å². The Labute approximate surface area is 83.6 Å². The Hall–Kier alpha value is -1.19. The van der Waals surface area contributed by atoms with Crippen LogP contribution in [0.1, 0.15) is 33.1 Å². The summed E-state index contributed by atoms with van der Waals surface area (Å²) in [6.07, 6.45) is 1.34. The fourth-order valence-corrected chi connectivity index (χ4v) is 1.18. The first-order valence-corrected chi connectivity index (χ1v) is 4.56. The molecule has 0 saturated heterocycles. The van der Waals surface area contributed by atoms with Crippen molar-refractivity contribution in [2.75, 3.05) is 7.11 Å². The molecule has 0 aliphatic heterocycles. The van der Waals surface area contributed by atoms with E-state index >= 15 is 0 Å². The molecule has 0 spiro atoms. The molecule has 0 radical (unpaired) electrons. The minimum absolute atomic E-state index is 0.0668. The van der Waals surface area contributed by atoms with Gasteiger partial charge in [0.15, 0.2) is 0 Å². The van der Waals surface area contributed by atoms with Gasteiger partial charge in [-0.15, -0.1) is 0 Å². The maximum Gasteiger partial charge on any atom is 0.316 e. The summed E-state index contributed by atoms with van der Waals surface area (Å²) in [5, 5.41) is 0. The Kier molecular flexibility index (Phi) is 5.76. The van der Waals surface area contributed by atoms with Crippen molar-refractivity contribution in [3.63, 3.8) is 0 Å². The zero-order chi connectivity index (χ0) is 11.1. The van der Waals surface area contributed by atoms with Gasteiger partial charge in [-0.05, 0) is 26.7 Å². The highest BCUT2D eigenvalue weighted by molar-refractivity contribution is 5.97. The average molecular weight is 200 g/mol. The number of carbonyl (C=O) groups excluding carboxylic acids is 3. The number of hydrogen-bond donors (Lipinski definition) is 0. The highest BCUT2D eigenvalue weighted by Gasteiger charge is 2.23. The number of esters is 1. The molecule has 1 unspecified atom stereocenters. The van der Waals surface area contributed by atoms with Crippen molar-refractivity contribution in [1.29, 1.82) is 0 Å². The van der Waals surface area contributed by atoms with Gasteiger partial charge >= 0.3 is 5.97 Å². The number of carbonyl (C=O) groups is 3. The zero-order valence-electron chi connectivity index (χ0n) is 8.83. The number of ether oxygens (including phenoxy) is 1. The van der Waals surface area contributed by atoms with Crippen LogP contribution >= 0.6 is 0 Å². The third-order valence-corrected chi connectivity index (χ3v) is 2.00. The largest absolute Gasteiger partial charge is 0.468 e. The predicted molar refractivity (Wildman–Crippen MR) is 50.7 cm³/mol. The molecule has 80 valence electrons. The summed E-state index contributed by atoms with van der Waals surface area (Å²) in [6, 6.07) is 0. The van der Waals surface area contributed by atoms with Crippen molar-refractivity contribution in [3.8, 4) is 0 Å². The van der Waals surface area contributed by atoms with Crippen LogP contribution in [0, 0.1) is 5.92 Å². The predicted octanol–water partition coefficient (Wildman–Crippen LogP) is 1.12. The third-order valence-electron chi connectivity index (χ3n) is 2.00. The van der Waals surface area contributed by atoms with Gasteiger partial charge in [-0.2, -0.15) is 0 Å². The summed E-state index contributed by atoms with van der Waals surface area (Å²) >= 11 is 0. The summed E-state index contributed by atoms with van der Waals surface area (Å²) < 4.78 is 4.49. The molecule has 0 rings (SSSR count). The van der Waals surface area contributed by atoms with Crippen molar-refractivity contribution in [3.05, 3.63) is 0 Å². The number of ketones is 2. The fourth-order valence-electron chi connectivity index (χ4n) is 1.18. The van der Waals surface area contributed by atoms with E-state index in [9.17, 15) is 14.4 Å². The van der Waals surface area contributed by atoms with Gasteiger partial charge in [-0.3, -0.25) is 9.59 Å². The van der Waals surface area contributed by atoms with E-state index in [4.69, 9.17) is 0 Å². The number of hydrogen-bond acceptors (Lipinski definition) is 4. The van der Waals surface area contributed by atoms with Crippen LogP contribution in [0.5, 0.6) is 0 Å². The van der Waals surface area contributed by atoms with Gasteiger partial charge in [0.2, 0.25) is 0 Å². The summed E-state index contributed by atoms with van der Waals surface area (Å²) in [4.78, 5) is 32.8. The van der Waals surface area contributed by atoms with Crippen molar-refractivity contribution in [1.82, 2.24) is 0 Å². The monoisotopic (exact) mass is 200 g/mol. The first-order chi connectivity index (χ1) is 6.49. The molecule has 4 heteroatoms. The summed E-state index contributed by atoms with van der Waals surface area (Å²) in [5.41, 5.74) is 0. The normalized spacial score (nSPS) is 11.9. The Morgan fingerprint density at radius 1 is 1.21 bits per heavy atom. The lowest BCUT2D eigenvalue weighted by atomic mass is 9.98. The Morgan fingerprint density at radius 3 is 2.14 bits per heavy atom. The second-order valence-corrected chi connectivity index (χ2v) is 3.28. The molecule has 0 N–H and O–H groups in total. The van der Waals surface area contributed by atoms with Crippen LogP contribution in [0.25, 0.3) is 0 Å². The van der Waals surface area contributed by atoms with E-state index < -0.39 is 11.9 Å². The van der Waals surface area contributed by atoms with Gasteiger partial charge in [0, 0.05) is 6.42 Å². The molecule has 0 aromatic carbocycles. The highest BCUT2D eigenvalue weighted by Crippen LogP contribution is 2.11. The average Bonchev–Trinajstić information content (AvgIpc) is 2.10. The Balaban J connectivity index is 4.05. The maximum atomic E-state index is 11.1. The van der Waals surface area contributed by atoms with Gasteiger partial charge in [0.1, 0.15) is 17.5 Å². The van der Waals surface area contributed by atoms with Crippen LogP contribution in [0.15, 0.2) is 0 Å². The van der Waals surface area contributed by atoms with Crippen LogP contribution in [0.4, 0.5) is 0 Å². The second kappa shape index (κ2) is 6.29. The van der Waals surface area contributed by atoms with E-state index in [1.165, 1.54) is 21.0 Å². The molecule has 0 aromatic rings. The van der Waals surface area contributed by atoms with E-state index in [-0.39, 0.29) is 11.6 Å². The van der Waals surface area contributed by atoms with Crippen LogP contribution < -0.4 is 0 Å². The molecule has 0 amide bonds. The van der Waals surface area contributed by atoms with E-state index in [1.54, 1.807) is 0 Å². The fraction of sp³-hybridized carbons (Fsp3) is 0.700. The second-order valence-electron chi connectivity index (χ2n) is 3.28. The smallest absolute Gasteiger partial charge is 0.316 e. The Bertz CT molecular complexity index is 232. The lowest BCUT2D eigenvalue weighted by Gasteiger charge is -2.09. The Morgan fingerprint density at radius 2 is 1.79 bits per heavy atom. The molecular weight excluding hydrogens is 184 g/mol. The molecule has 4 nitrogen and oxygen atoms in total. The minimum Gasteiger partial charge on any atom is -0.468 e. The van der Waals surface area contributed by atoms with Gasteiger partial charge in [-0.25, -0.2) is 0 Å². The summed E-state index contributed by atoms with van der Waals surface area (Å²) in [7, 11) is 1.25. The third kappa shape index (κ3) is 4.74. The number of methoxy groups -OCH3 is 1. The molecule has 0 aliphatic carbocycles. The van der Waals surface area contributed by atoms with E-state index in [2.05, 4.69) is 4.74 Å².